The molecule has 0 aliphatic heterocycles. The summed E-state index contributed by atoms with van der Waals surface area (Å²) in [7, 11) is 0.891. The molecule has 0 radical (unpaired) electrons. The van der Waals surface area contributed by atoms with Crippen LogP contribution in [0.1, 0.15) is 5.56 Å². The lowest BCUT2D eigenvalue weighted by Crippen LogP contribution is -2.18. The van der Waals surface area contributed by atoms with E-state index in [0.717, 1.165) is 0 Å². The molecule has 0 atom stereocenters. The Morgan fingerprint density at radius 3 is 2.31 bits per heavy atom. The average Bonchev–Trinajstić information content (AvgIpc) is 2.66. The molecule has 0 saturated heterocycles. The van der Waals surface area contributed by atoms with Crippen LogP contribution in [-0.4, -0.2) is 35.6 Å². The van der Waals surface area contributed by atoms with Crippen molar-refractivity contribution in [1.82, 2.24) is 4.72 Å². The summed E-state index contributed by atoms with van der Waals surface area (Å²) in [6.07, 6.45) is 2.96. The van der Waals surface area contributed by atoms with Crippen molar-refractivity contribution in [3.8, 4) is 11.5 Å². The average molecular weight is 376 g/mol. The van der Waals surface area contributed by atoms with Gasteiger partial charge < -0.3 is 14.8 Å². The molecule has 0 unspecified atom stereocenters. The fourth-order valence-corrected chi connectivity index (χ4v) is 2.96. The highest BCUT2D eigenvalue weighted by Crippen LogP contribution is 2.31. The van der Waals surface area contributed by atoms with Crippen LogP contribution in [0.2, 0.25) is 0 Å². The molecule has 0 spiro atoms. The van der Waals surface area contributed by atoms with Crippen molar-refractivity contribution in [3.05, 3.63) is 54.1 Å². The second-order valence-electron chi connectivity index (χ2n) is 5.14. The summed E-state index contributed by atoms with van der Waals surface area (Å²) in [5, 5.41) is 2.66. The molecule has 0 aliphatic rings. The normalized spacial score (nSPS) is 11.3. The molecule has 0 bridgehead atoms. The number of sulfonamides is 1. The summed E-state index contributed by atoms with van der Waals surface area (Å²) in [5.41, 5.74) is 1.17. The van der Waals surface area contributed by atoms with Gasteiger partial charge in [-0.2, -0.15) is 0 Å². The second-order valence-corrected chi connectivity index (χ2v) is 7.02. The van der Waals surface area contributed by atoms with E-state index >= 15 is 0 Å². The van der Waals surface area contributed by atoms with Gasteiger partial charge in [0.15, 0.2) is 11.5 Å². The molecule has 0 aromatic heterocycles. The van der Waals surface area contributed by atoms with Crippen molar-refractivity contribution >= 4 is 27.7 Å². The molecule has 2 rings (SSSR count). The summed E-state index contributed by atoms with van der Waals surface area (Å²) in [5.74, 6) is 0.733. The number of para-hydroxylation sites is 1. The molecule has 0 heterocycles. The van der Waals surface area contributed by atoms with E-state index in [-0.39, 0.29) is 10.8 Å². The van der Waals surface area contributed by atoms with E-state index in [1.54, 1.807) is 24.3 Å². The quantitative estimate of drug-likeness (QED) is 0.723. The van der Waals surface area contributed by atoms with Crippen LogP contribution in [0.4, 0.5) is 5.69 Å². The lowest BCUT2D eigenvalue weighted by Gasteiger charge is -2.09. The van der Waals surface area contributed by atoms with Crippen LogP contribution in [0.15, 0.2) is 53.4 Å². The molecule has 0 saturated carbocycles. The zero-order chi connectivity index (χ0) is 19.2. The molecule has 0 aliphatic carbocycles. The summed E-state index contributed by atoms with van der Waals surface area (Å²) < 4.78 is 36.1. The molecule has 2 aromatic rings. The molecule has 2 N–H and O–H groups in total. The molecular weight excluding hydrogens is 356 g/mol. The number of nitrogens with one attached hydrogen (secondary N) is 2. The van der Waals surface area contributed by atoms with Gasteiger partial charge in [0.05, 0.1) is 19.1 Å². The Morgan fingerprint density at radius 1 is 1.04 bits per heavy atom. The van der Waals surface area contributed by atoms with Crippen LogP contribution in [0, 0.1) is 0 Å². The van der Waals surface area contributed by atoms with Gasteiger partial charge in [-0.3, -0.25) is 4.79 Å². The monoisotopic (exact) mass is 376 g/mol. The van der Waals surface area contributed by atoms with E-state index in [1.807, 2.05) is 0 Å². The maximum Gasteiger partial charge on any atom is 0.248 e. The van der Waals surface area contributed by atoms with E-state index in [4.69, 9.17) is 9.47 Å². The van der Waals surface area contributed by atoms with Crippen molar-refractivity contribution in [3.63, 3.8) is 0 Å². The summed E-state index contributed by atoms with van der Waals surface area (Å²) >= 11 is 0. The number of benzene rings is 2. The highest BCUT2D eigenvalue weighted by molar-refractivity contribution is 7.89. The highest BCUT2D eigenvalue weighted by Gasteiger charge is 2.11. The third kappa shape index (κ3) is 4.62. The topological polar surface area (TPSA) is 93.7 Å². The molecule has 7 nitrogen and oxygen atoms in total. The molecule has 26 heavy (non-hydrogen) atoms. The van der Waals surface area contributed by atoms with E-state index in [2.05, 4.69) is 10.0 Å². The zero-order valence-corrected chi connectivity index (χ0v) is 15.5. The Morgan fingerprint density at radius 2 is 1.73 bits per heavy atom. The van der Waals surface area contributed by atoms with Crippen LogP contribution < -0.4 is 19.5 Å². The zero-order valence-electron chi connectivity index (χ0n) is 14.6. The number of ether oxygens (including phenoxy) is 2. The van der Waals surface area contributed by atoms with Gasteiger partial charge in [-0.25, -0.2) is 13.1 Å². The van der Waals surface area contributed by atoms with E-state index in [1.165, 1.54) is 51.6 Å². The minimum Gasteiger partial charge on any atom is -0.493 e. The fraction of sp³-hybridized carbons (Fsp3) is 0.167. The maximum atomic E-state index is 12.1. The van der Waals surface area contributed by atoms with Crippen molar-refractivity contribution in [2.24, 2.45) is 0 Å². The largest absolute Gasteiger partial charge is 0.493 e. The Kier molecular flexibility index (Phi) is 6.37. The second kappa shape index (κ2) is 8.50. The molecule has 138 valence electrons. The Hall–Kier alpha value is -2.84. The number of carbonyl (C=O) groups excluding carboxylic acids is 1. The van der Waals surface area contributed by atoms with Crippen LogP contribution in [0.5, 0.6) is 11.5 Å². The third-order valence-electron chi connectivity index (χ3n) is 3.55. The molecule has 0 fully saturated rings. The van der Waals surface area contributed by atoms with Gasteiger partial charge in [0.2, 0.25) is 15.9 Å². The SMILES string of the molecule is CNS(=O)(=O)c1ccc(NC(=O)/C=C/c2cccc(OC)c2OC)cc1. The number of hydrogen-bond donors (Lipinski definition) is 2. The lowest BCUT2D eigenvalue weighted by atomic mass is 10.1. The minimum atomic E-state index is -3.51. The number of rotatable bonds is 7. The van der Waals surface area contributed by atoms with Crippen molar-refractivity contribution < 1.29 is 22.7 Å². The molecule has 1 amide bonds. The van der Waals surface area contributed by atoms with Gasteiger partial charge in [0, 0.05) is 17.3 Å². The number of anilines is 1. The third-order valence-corrected chi connectivity index (χ3v) is 4.98. The minimum absolute atomic E-state index is 0.120. The van der Waals surface area contributed by atoms with Crippen LogP contribution >= 0.6 is 0 Å². The first-order chi connectivity index (χ1) is 12.4. The first kappa shape index (κ1) is 19.5. The Labute approximate surface area is 152 Å². The predicted octanol–water partition coefficient (Wildman–Crippen LogP) is 2.26. The summed E-state index contributed by atoms with van der Waals surface area (Å²) in [6, 6.07) is 11.2. The molecule has 8 heteroatoms. The number of amides is 1. The van der Waals surface area contributed by atoms with Gasteiger partial charge in [0.25, 0.3) is 0 Å². The van der Waals surface area contributed by atoms with E-state index in [9.17, 15) is 13.2 Å². The van der Waals surface area contributed by atoms with Gasteiger partial charge >= 0.3 is 0 Å². The van der Waals surface area contributed by atoms with Gasteiger partial charge in [-0.15, -0.1) is 0 Å². The van der Waals surface area contributed by atoms with Crippen LogP contribution in [0.25, 0.3) is 6.08 Å². The van der Waals surface area contributed by atoms with E-state index < -0.39 is 10.0 Å². The number of hydrogen-bond acceptors (Lipinski definition) is 5. The number of carbonyl (C=O) groups is 1. The lowest BCUT2D eigenvalue weighted by molar-refractivity contribution is -0.111. The smallest absolute Gasteiger partial charge is 0.248 e. The number of methoxy groups -OCH3 is 2. The summed E-state index contributed by atoms with van der Waals surface area (Å²) in [4.78, 5) is 12.2. The molecule has 2 aromatic carbocycles. The highest BCUT2D eigenvalue weighted by atomic mass is 32.2. The first-order valence-corrected chi connectivity index (χ1v) is 9.13. The van der Waals surface area contributed by atoms with Crippen molar-refractivity contribution in [2.45, 2.75) is 4.90 Å². The Balaban J connectivity index is 2.11. The van der Waals surface area contributed by atoms with Gasteiger partial charge in [0.1, 0.15) is 0 Å². The van der Waals surface area contributed by atoms with Crippen LogP contribution in [0.3, 0.4) is 0 Å². The molecular formula is C18H20N2O5S. The van der Waals surface area contributed by atoms with Crippen LogP contribution in [-0.2, 0) is 14.8 Å². The van der Waals surface area contributed by atoms with Crippen molar-refractivity contribution in [1.29, 1.82) is 0 Å². The summed E-state index contributed by atoms with van der Waals surface area (Å²) in [6.45, 7) is 0. The fourth-order valence-electron chi connectivity index (χ4n) is 2.23. The van der Waals surface area contributed by atoms with Gasteiger partial charge in [-0.1, -0.05) is 12.1 Å². The van der Waals surface area contributed by atoms with E-state index in [0.29, 0.717) is 22.7 Å². The first-order valence-electron chi connectivity index (χ1n) is 7.65. The maximum absolute atomic E-state index is 12.1. The standard InChI is InChI=1S/C18H20N2O5S/c1-19-26(22,23)15-10-8-14(9-11-15)20-17(21)12-7-13-5-4-6-16(24-2)18(13)25-3/h4-12,19H,1-3H3,(H,20,21)/b12-7+. The predicted molar refractivity (Wildman–Crippen MR) is 99.9 cm³/mol. The van der Waals surface area contributed by atoms with Crippen molar-refractivity contribution in [2.75, 3.05) is 26.6 Å². The Bertz CT molecular complexity index is 906. The van der Waals surface area contributed by atoms with Gasteiger partial charge in [-0.05, 0) is 43.5 Å².